The zero-order valence-corrected chi connectivity index (χ0v) is 25.0. The minimum atomic E-state index is -4.27. The number of likely N-dealkylation sites (N-methyl/N-ethyl adjacent to an activating group) is 1. The number of nitrogens with zero attached hydrogens (tertiary/aromatic N) is 2. The molecule has 1 atom stereocenters. The van der Waals surface area contributed by atoms with Crippen LogP contribution in [-0.4, -0.2) is 65.6 Å². The van der Waals surface area contributed by atoms with Gasteiger partial charge in [-0.2, -0.15) is 0 Å². The molecule has 0 aliphatic rings. The van der Waals surface area contributed by atoms with E-state index in [1.807, 2.05) is 6.92 Å². The molecule has 1 unspecified atom stereocenters. The van der Waals surface area contributed by atoms with E-state index in [-0.39, 0.29) is 28.8 Å². The number of ether oxygens (including phenoxy) is 3. The van der Waals surface area contributed by atoms with Crippen LogP contribution in [0.4, 0.5) is 5.69 Å². The highest BCUT2D eigenvalue weighted by Crippen LogP contribution is 2.36. The zero-order valence-electron chi connectivity index (χ0n) is 24.2. The normalized spacial score (nSPS) is 11.8. The fourth-order valence-corrected chi connectivity index (χ4v) is 5.63. The number of carbonyl (C=O) groups excluding carboxylic acids is 2. The van der Waals surface area contributed by atoms with Crippen molar-refractivity contribution in [2.24, 2.45) is 0 Å². The monoisotopic (exact) mass is 583 g/mol. The van der Waals surface area contributed by atoms with Crippen LogP contribution in [0.2, 0.25) is 0 Å². The van der Waals surface area contributed by atoms with E-state index in [0.29, 0.717) is 23.6 Å². The molecule has 220 valence electrons. The van der Waals surface area contributed by atoms with E-state index in [1.165, 1.54) is 44.4 Å². The summed E-state index contributed by atoms with van der Waals surface area (Å²) in [5.74, 6) is 0.236. The lowest BCUT2D eigenvalue weighted by atomic mass is 10.1. The minimum absolute atomic E-state index is 0.00288. The van der Waals surface area contributed by atoms with E-state index in [0.717, 1.165) is 9.87 Å². The van der Waals surface area contributed by atoms with Crippen molar-refractivity contribution in [1.29, 1.82) is 0 Å². The molecule has 3 aromatic carbocycles. The number of carbonyl (C=O) groups is 2. The largest absolute Gasteiger partial charge is 0.497 e. The summed E-state index contributed by atoms with van der Waals surface area (Å²) in [6.07, 6.45) is 0. The van der Waals surface area contributed by atoms with Crippen molar-refractivity contribution in [3.05, 3.63) is 77.9 Å². The van der Waals surface area contributed by atoms with Crippen LogP contribution < -0.4 is 23.8 Å². The molecule has 0 heterocycles. The fourth-order valence-electron chi connectivity index (χ4n) is 4.21. The lowest BCUT2D eigenvalue weighted by molar-refractivity contribution is -0.139. The first-order valence-corrected chi connectivity index (χ1v) is 14.5. The molecular weight excluding hydrogens is 546 g/mol. The summed E-state index contributed by atoms with van der Waals surface area (Å²) < 4.78 is 45.3. The zero-order chi connectivity index (χ0) is 30.2. The van der Waals surface area contributed by atoms with Crippen molar-refractivity contribution in [2.45, 2.75) is 38.3 Å². The standard InChI is InChI=1S/C30H37N3O7S/c1-7-31-30(35)22(3)32(19-23-9-8-10-24(17-23)38-4)29(34)20-33(27-18-25(39-5)13-16-28(27)40-6)41(36,37)26-14-11-21(2)12-15-26/h8-18,22H,7,19-20H2,1-6H3,(H,31,35). The highest BCUT2D eigenvalue weighted by Gasteiger charge is 2.34. The van der Waals surface area contributed by atoms with E-state index in [9.17, 15) is 18.0 Å². The number of methoxy groups -OCH3 is 3. The lowest BCUT2D eigenvalue weighted by Crippen LogP contribution is -2.51. The molecule has 41 heavy (non-hydrogen) atoms. The summed E-state index contributed by atoms with van der Waals surface area (Å²) in [5.41, 5.74) is 1.71. The van der Waals surface area contributed by atoms with Gasteiger partial charge in [-0.05, 0) is 62.7 Å². The number of hydrogen-bond acceptors (Lipinski definition) is 7. The van der Waals surface area contributed by atoms with Crippen molar-refractivity contribution in [3.8, 4) is 17.2 Å². The molecule has 11 heteroatoms. The molecule has 0 bridgehead atoms. The quantitative estimate of drug-likeness (QED) is 0.326. The van der Waals surface area contributed by atoms with Crippen molar-refractivity contribution >= 4 is 27.5 Å². The number of anilines is 1. The highest BCUT2D eigenvalue weighted by molar-refractivity contribution is 7.92. The Morgan fingerprint density at radius 1 is 0.902 bits per heavy atom. The average molecular weight is 584 g/mol. The van der Waals surface area contributed by atoms with Gasteiger partial charge >= 0.3 is 0 Å². The minimum Gasteiger partial charge on any atom is -0.497 e. The molecule has 0 saturated carbocycles. The fraction of sp³-hybridized carbons (Fsp3) is 0.333. The Morgan fingerprint density at radius 3 is 2.17 bits per heavy atom. The maximum Gasteiger partial charge on any atom is 0.264 e. The summed E-state index contributed by atoms with van der Waals surface area (Å²) in [4.78, 5) is 28.3. The smallest absolute Gasteiger partial charge is 0.264 e. The topological polar surface area (TPSA) is 114 Å². The Kier molecular flexibility index (Phi) is 10.6. The van der Waals surface area contributed by atoms with Crippen LogP contribution in [0.1, 0.15) is 25.0 Å². The molecular formula is C30H37N3O7S. The Balaban J connectivity index is 2.13. The molecule has 0 aliphatic carbocycles. The first kappa shape index (κ1) is 31.3. The van der Waals surface area contributed by atoms with Gasteiger partial charge in [0.25, 0.3) is 10.0 Å². The van der Waals surface area contributed by atoms with Gasteiger partial charge in [0.05, 0.1) is 31.9 Å². The van der Waals surface area contributed by atoms with Crippen molar-refractivity contribution in [1.82, 2.24) is 10.2 Å². The number of sulfonamides is 1. The number of amides is 2. The molecule has 3 aromatic rings. The summed E-state index contributed by atoms with van der Waals surface area (Å²) in [5, 5.41) is 2.74. The number of nitrogens with one attached hydrogen (secondary N) is 1. The predicted octanol–water partition coefficient (Wildman–Crippen LogP) is 3.77. The second-order valence-corrected chi connectivity index (χ2v) is 11.2. The van der Waals surface area contributed by atoms with Crippen LogP contribution in [-0.2, 0) is 26.2 Å². The highest BCUT2D eigenvalue weighted by atomic mass is 32.2. The van der Waals surface area contributed by atoms with Gasteiger partial charge in [0.2, 0.25) is 11.8 Å². The summed E-state index contributed by atoms with van der Waals surface area (Å²) in [6.45, 7) is 5.05. The van der Waals surface area contributed by atoms with Crippen LogP contribution >= 0.6 is 0 Å². The van der Waals surface area contributed by atoms with Crippen LogP contribution in [0, 0.1) is 6.92 Å². The summed E-state index contributed by atoms with van der Waals surface area (Å²) >= 11 is 0. The third-order valence-corrected chi connectivity index (χ3v) is 8.32. The molecule has 1 N–H and O–H groups in total. The Morgan fingerprint density at radius 2 is 1.56 bits per heavy atom. The number of rotatable bonds is 13. The molecule has 0 fully saturated rings. The first-order valence-electron chi connectivity index (χ1n) is 13.1. The van der Waals surface area contributed by atoms with E-state index in [1.54, 1.807) is 62.4 Å². The van der Waals surface area contributed by atoms with E-state index in [4.69, 9.17) is 14.2 Å². The first-order chi connectivity index (χ1) is 19.5. The molecule has 3 rings (SSSR count). The van der Waals surface area contributed by atoms with Gasteiger partial charge in [0.15, 0.2) is 0 Å². The number of hydrogen-bond donors (Lipinski definition) is 1. The molecule has 0 aromatic heterocycles. The molecule has 0 radical (unpaired) electrons. The molecule has 0 spiro atoms. The molecule has 0 saturated heterocycles. The van der Waals surface area contributed by atoms with Gasteiger partial charge in [-0.1, -0.05) is 29.8 Å². The van der Waals surface area contributed by atoms with Gasteiger partial charge in [0, 0.05) is 19.2 Å². The van der Waals surface area contributed by atoms with Crippen molar-refractivity contribution in [2.75, 3.05) is 38.7 Å². The van der Waals surface area contributed by atoms with E-state index < -0.39 is 28.5 Å². The van der Waals surface area contributed by atoms with Crippen LogP contribution in [0.25, 0.3) is 0 Å². The Bertz CT molecular complexity index is 1460. The van der Waals surface area contributed by atoms with E-state index in [2.05, 4.69) is 5.32 Å². The van der Waals surface area contributed by atoms with Gasteiger partial charge in [-0.25, -0.2) is 8.42 Å². The van der Waals surface area contributed by atoms with E-state index >= 15 is 0 Å². The third-order valence-electron chi connectivity index (χ3n) is 6.55. The number of aryl methyl sites for hydroxylation is 1. The maximum atomic E-state index is 14.1. The van der Waals surface area contributed by atoms with Crippen molar-refractivity contribution < 1.29 is 32.2 Å². The van der Waals surface area contributed by atoms with Gasteiger partial charge < -0.3 is 24.4 Å². The Labute approximate surface area is 241 Å². The van der Waals surface area contributed by atoms with Crippen molar-refractivity contribution in [3.63, 3.8) is 0 Å². The predicted molar refractivity (Wildman–Crippen MR) is 157 cm³/mol. The van der Waals surface area contributed by atoms with Gasteiger partial charge in [0.1, 0.15) is 29.8 Å². The summed E-state index contributed by atoms with van der Waals surface area (Å²) in [6, 6.07) is 17.3. The maximum absolute atomic E-state index is 14.1. The van der Waals surface area contributed by atoms with Crippen LogP contribution in [0.3, 0.4) is 0 Å². The SMILES string of the molecule is CCNC(=O)C(C)N(Cc1cccc(OC)c1)C(=O)CN(c1cc(OC)ccc1OC)S(=O)(=O)c1ccc(C)cc1. The molecule has 2 amide bonds. The summed E-state index contributed by atoms with van der Waals surface area (Å²) in [7, 11) is 0.140. The van der Waals surface area contributed by atoms with Crippen LogP contribution in [0.5, 0.6) is 17.2 Å². The molecule has 10 nitrogen and oxygen atoms in total. The number of benzene rings is 3. The molecule has 0 aliphatic heterocycles. The third kappa shape index (κ3) is 7.49. The average Bonchev–Trinajstić information content (AvgIpc) is 2.98. The Hall–Kier alpha value is -4.25. The van der Waals surface area contributed by atoms with Gasteiger partial charge in [-0.15, -0.1) is 0 Å². The second-order valence-electron chi connectivity index (χ2n) is 9.31. The second kappa shape index (κ2) is 13.9. The van der Waals surface area contributed by atoms with Gasteiger partial charge in [-0.3, -0.25) is 13.9 Å². The van der Waals surface area contributed by atoms with Crippen LogP contribution in [0.15, 0.2) is 71.6 Å². The lowest BCUT2D eigenvalue weighted by Gasteiger charge is -2.32.